The standard InChI is InChI=1S/C16H32OSi/c1-11(2)18(12(3)4,13(5)6)16-9-8-15(10-16)14(7)17/h11-13,15-16H,8-10H2,1-7H3/t15-,16-/m1/s1. The highest BCUT2D eigenvalue weighted by atomic mass is 28.3. The van der Waals surface area contributed by atoms with Crippen LogP contribution >= 0.6 is 0 Å². The minimum Gasteiger partial charge on any atom is -0.300 e. The Kier molecular flexibility index (Phi) is 5.22. The van der Waals surface area contributed by atoms with E-state index in [2.05, 4.69) is 41.5 Å². The zero-order chi connectivity index (χ0) is 14.1. The van der Waals surface area contributed by atoms with Gasteiger partial charge in [0.25, 0.3) is 0 Å². The van der Waals surface area contributed by atoms with E-state index in [0.29, 0.717) is 11.7 Å². The molecule has 1 nitrogen and oxygen atoms in total. The van der Waals surface area contributed by atoms with Gasteiger partial charge in [-0.1, -0.05) is 64.6 Å². The molecule has 0 heterocycles. The summed E-state index contributed by atoms with van der Waals surface area (Å²) in [5.74, 6) is 0.801. The van der Waals surface area contributed by atoms with Crippen LogP contribution in [0.15, 0.2) is 0 Å². The Morgan fingerprint density at radius 2 is 1.39 bits per heavy atom. The maximum absolute atomic E-state index is 11.6. The average molecular weight is 269 g/mol. The van der Waals surface area contributed by atoms with E-state index in [-0.39, 0.29) is 0 Å². The van der Waals surface area contributed by atoms with Crippen LogP contribution in [0, 0.1) is 5.92 Å². The predicted molar refractivity (Wildman–Crippen MR) is 82.8 cm³/mol. The molecule has 1 aliphatic rings. The average Bonchev–Trinajstić information content (AvgIpc) is 2.66. The van der Waals surface area contributed by atoms with Crippen LogP contribution in [0.25, 0.3) is 0 Å². The van der Waals surface area contributed by atoms with E-state index in [1.165, 1.54) is 12.8 Å². The van der Waals surface area contributed by atoms with Crippen LogP contribution in [0.1, 0.15) is 67.7 Å². The molecule has 0 saturated heterocycles. The second-order valence-electron chi connectivity index (χ2n) is 7.28. The van der Waals surface area contributed by atoms with Gasteiger partial charge < -0.3 is 0 Å². The summed E-state index contributed by atoms with van der Waals surface area (Å²) in [6.07, 6.45) is 3.65. The van der Waals surface area contributed by atoms with Gasteiger partial charge in [0, 0.05) is 5.92 Å². The molecular formula is C16H32OSi. The number of rotatable bonds is 5. The summed E-state index contributed by atoms with van der Waals surface area (Å²) in [5.41, 5.74) is 3.35. The van der Waals surface area contributed by atoms with Gasteiger partial charge >= 0.3 is 0 Å². The smallest absolute Gasteiger partial charge is 0.132 e. The van der Waals surface area contributed by atoms with Crippen molar-refractivity contribution >= 4 is 13.9 Å². The molecule has 0 aromatic heterocycles. The van der Waals surface area contributed by atoms with Crippen LogP contribution in [-0.4, -0.2) is 13.9 Å². The molecule has 0 radical (unpaired) electrons. The SMILES string of the molecule is CC(=O)[C@@H]1CC[C@@H]([Si](C(C)C)(C(C)C)C(C)C)C1. The first-order valence-corrected chi connectivity index (χ1v) is 10.1. The van der Waals surface area contributed by atoms with E-state index in [4.69, 9.17) is 0 Å². The van der Waals surface area contributed by atoms with E-state index in [1.807, 2.05) is 0 Å². The van der Waals surface area contributed by atoms with Crippen molar-refractivity contribution < 1.29 is 4.79 Å². The monoisotopic (exact) mass is 268 g/mol. The third kappa shape index (κ3) is 2.59. The van der Waals surface area contributed by atoms with E-state index in [1.54, 1.807) is 6.92 Å². The number of ketones is 1. The Labute approximate surface area is 115 Å². The lowest BCUT2D eigenvalue weighted by atomic mass is 10.0. The van der Waals surface area contributed by atoms with Crippen molar-refractivity contribution in [3.05, 3.63) is 0 Å². The van der Waals surface area contributed by atoms with Gasteiger partial charge in [-0.05, 0) is 25.3 Å². The Morgan fingerprint density at radius 1 is 0.944 bits per heavy atom. The van der Waals surface area contributed by atoms with Gasteiger partial charge in [0.1, 0.15) is 5.78 Å². The lowest BCUT2D eigenvalue weighted by Crippen LogP contribution is -2.48. The van der Waals surface area contributed by atoms with Crippen molar-refractivity contribution in [2.45, 2.75) is 89.9 Å². The van der Waals surface area contributed by atoms with Gasteiger partial charge in [0.2, 0.25) is 0 Å². The topological polar surface area (TPSA) is 17.1 Å². The van der Waals surface area contributed by atoms with E-state index >= 15 is 0 Å². The zero-order valence-corrected chi connectivity index (χ0v) is 14.4. The molecular weight excluding hydrogens is 236 g/mol. The fourth-order valence-corrected chi connectivity index (χ4v) is 13.4. The first kappa shape index (κ1) is 15.9. The molecule has 0 N–H and O–H groups in total. The summed E-state index contributed by atoms with van der Waals surface area (Å²) in [6, 6.07) is 0. The molecule has 1 saturated carbocycles. The van der Waals surface area contributed by atoms with Crippen LogP contribution < -0.4 is 0 Å². The third-order valence-corrected chi connectivity index (χ3v) is 13.7. The Hall–Kier alpha value is -0.113. The Balaban J connectivity index is 3.02. The molecule has 0 spiro atoms. The molecule has 1 rings (SSSR count). The molecule has 0 amide bonds. The first-order valence-electron chi connectivity index (χ1n) is 7.74. The zero-order valence-electron chi connectivity index (χ0n) is 13.4. The highest BCUT2D eigenvalue weighted by Crippen LogP contribution is 2.56. The van der Waals surface area contributed by atoms with Crippen LogP contribution in [0.5, 0.6) is 0 Å². The molecule has 2 atom stereocenters. The molecule has 1 aliphatic carbocycles. The Morgan fingerprint density at radius 3 is 1.67 bits per heavy atom. The number of carbonyl (C=O) groups excluding carboxylic acids is 1. The van der Waals surface area contributed by atoms with Crippen LogP contribution in [0.3, 0.4) is 0 Å². The van der Waals surface area contributed by atoms with Crippen LogP contribution in [0.4, 0.5) is 0 Å². The van der Waals surface area contributed by atoms with Crippen molar-refractivity contribution in [1.82, 2.24) is 0 Å². The molecule has 0 aliphatic heterocycles. The molecule has 18 heavy (non-hydrogen) atoms. The quantitative estimate of drug-likeness (QED) is 0.608. The second kappa shape index (κ2) is 5.90. The minimum absolute atomic E-state index is 0.373. The second-order valence-corrected chi connectivity index (χ2v) is 13.6. The number of hydrogen-bond donors (Lipinski definition) is 0. The van der Waals surface area contributed by atoms with E-state index in [0.717, 1.165) is 28.6 Å². The molecule has 0 bridgehead atoms. The first-order chi connectivity index (χ1) is 8.24. The van der Waals surface area contributed by atoms with Crippen molar-refractivity contribution in [3.8, 4) is 0 Å². The molecule has 2 heteroatoms. The summed E-state index contributed by atoms with van der Waals surface area (Å²) < 4.78 is 0. The number of carbonyl (C=O) groups is 1. The fraction of sp³-hybridized carbons (Fsp3) is 0.938. The normalized spacial score (nSPS) is 25.4. The Bertz CT molecular complexity index is 272. The van der Waals surface area contributed by atoms with Crippen LogP contribution in [-0.2, 0) is 4.79 Å². The molecule has 106 valence electrons. The molecule has 1 fully saturated rings. The van der Waals surface area contributed by atoms with Gasteiger partial charge in [-0.15, -0.1) is 0 Å². The summed E-state index contributed by atoms with van der Waals surface area (Å²) in [7, 11) is -1.33. The summed E-state index contributed by atoms with van der Waals surface area (Å²) in [6.45, 7) is 16.4. The van der Waals surface area contributed by atoms with Crippen molar-refractivity contribution in [2.24, 2.45) is 5.92 Å². The van der Waals surface area contributed by atoms with Gasteiger partial charge in [-0.2, -0.15) is 0 Å². The molecule has 0 aromatic carbocycles. The van der Waals surface area contributed by atoms with Gasteiger partial charge in [-0.25, -0.2) is 0 Å². The van der Waals surface area contributed by atoms with Gasteiger partial charge in [0.05, 0.1) is 8.07 Å². The highest BCUT2D eigenvalue weighted by Gasteiger charge is 2.51. The third-order valence-electron chi connectivity index (χ3n) is 5.71. The van der Waals surface area contributed by atoms with Crippen molar-refractivity contribution in [3.63, 3.8) is 0 Å². The van der Waals surface area contributed by atoms with E-state index in [9.17, 15) is 4.79 Å². The van der Waals surface area contributed by atoms with Gasteiger partial charge in [-0.3, -0.25) is 4.79 Å². The highest BCUT2D eigenvalue weighted by molar-refractivity contribution is 6.84. The molecule has 0 aromatic rings. The summed E-state index contributed by atoms with van der Waals surface area (Å²) >= 11 is 0. The predicted octanol–water partition coefficient (Wildman–Crippen LogP) is 5.42. The number of Topliss-reactive ketones (excluding diaryl/α,β-unsaturated/α-hetero) is 1. The largest absolute Gasteiger partial charge is 0.300 e. The van der Waals surface area contributed by atoms with Crippen LogP contribution in [0.2, 0.25) is 22.2 Å². The number of hydrogen-bond acceptors (Lipinski definition) is 1. The lowest BCUT2D eigenvalue weighted by molar-refractivity contribution is -0.120. The van der Waals surface area contributed by atoms with Gasteiger partial charge in [0.15, 0.2) is 0 Å². The minimum atomic E-state index is -1.33. The maximum atomic E-state index is 11.6. The summed E-state index contributed by atoms with van der Waals surface area (Å²) in [5, 5.41) is 0. The fourth-order valence-electron chi connectivity index (χ4n) is 5.22. The summed E-state index contributed by atoms with van der Waals surface area (Å²) in [4.78, 5) is 11.6. The lowest BCUT2D eigenvalue weighted by Gasteiger charge is -2.48. The van der Waals surface area contributed by atoms with Crippen molar-refractivity contribution in [2.75, 3.05) is 0 Å². The van der Waals surface area contributed by atoms with E-state index < -0.39 is 8.07 Å². The maximum Gasteiger partial charge on any atom is 0.132 e. The molecule has 0 unspecified atom stereocenters. The van der Waals surface area contributed by atoms with Crippen molar-refractivity contribution in [1.29, 1.82) is 0 Å².